The molecule has 0 radical (unpaired) electrons. The summed E-state index contributed by atoms with van der Waals surface area (Å²) < 4.78 is 4.72. The van der Waals surface area contributed by atoms with Gasteiger partial charge in [-0.05, 0) is 18.2 Å². The molecule has 1 aromatic rings. The van der Waals surface area contributed by atoms with E-state index in [2.05, 4.69) is 5.32 Å². The highest BCUT2D eigenvalue weighted by atomic mass is 16.5. The Kier molecular flexibility index (Phi) is 4.54. The number of rotatable bonds is 5. The molecule has 1 aliphatic heterocycles. The van der Waals surface area contributed by atoms with Crippen LogP contribution in [0.2, 0.25) is 0 Å². The van der Waals surface area contributed by atoms with Gasteiger partial charge in [-0.3, -0.25) is 14.4 Å². The highest BCUT2D eigenvalue weighted by Gasteiger charge is 2.35. The van der Waals surface area contributed by atoms with E-state index in [0.717, 1.165) is 0 Å². The summed E-state index contributed by atoms with van der Waals surface area (Å²) in [5.41, 5.74) is 1.10. The third kappa shape index (κ3) is 3.57. The average Bonchev–Trinajstić information content (AvgIpc) is 2.81. The lowest BCUT2D eigenvalue weighted by molar-refractivity contribution is -0.141. The summed E-state index contributed by atoms with van der Waals surface area (Å²) in [7, 11) is 1.42. The molecule has 2 N–H and O–H groups in total. The Morgan fingerprint density at radius 3 is 2.86 bits per heavy atom. The molecule has 0 aromatic heterocycles. The van der Waals surface area contributed by atoms with Crippen molar-refractivity contribution >= 4 is 29.2 Å². The zero-order valence-electron chi connectivity index (χ0n) is 11.5. The first-order valence-corrected chi connectivity index (χ1v) is 6.43. The van der Waals surface area contributed by atoms with Gasteiger partial charge in [0.2, 0.25) is 11.8 Å². The van der Waals surface area contributed by atoms with Crippen LogP contribution in [0.1, 0.15) is 6.42 Å². The van der Waals surface area contributed by atoms with Gasteiger partial charge in [0, 0.05) is 31.5 Å². The summed E-state index contributed by atoms with van der Waals surface area (Å²) in [6, 6.07) is 6.72. The molecule has 1 saturated heterocycles. The smallest absolute Gasteiger partial charge is 0.308 e. The second-order valence-electron chi connectivity index (χ2n) is 4.78. The van der Waals surface area contributed by atoms with E-state index >= 15 is 0 Å². The Labute approximate surface area is 121 Å². The van der Waals surface area contributed by atoms with E-state index in [9.17, 15) is 14.4 Å². The third-order valence-electron chi connectivity index (χ3n) is 3.19. The van der Waals surface area contributed by atoms with Crippen LogP contribution < -0.4 is 10.2 Å². The van der Waals surface area contributed by atoms with Crippen LogP contribution in [0.5, 0.6) is 0 Å². The number of carbonyl (C=O) groups is 3. The summed E-state index contributed by atoms with van der Waals surface area (Å²) in [6.45, 7) is 0.0810. The van der Waals surface area contributed by atoms with Gasteiger partial charge in [-0.1, -0.05) is 6.07 Å². The Morgan fingerprint density at radius 2 is 2.24 bits per heavy atom. The van der Waals surface area contributed by atoms with Gasteiger partial charge in [0.15, 0.2) is 0 Å². The van der Waals surface area contributed by atoms with Gasteiger partial charge in [0.1, 0.15) is 6.61 Å². The number of benzene rings is 1. The highest BCUT2D eigenvalue weighted by molar-refractivity contribution is 6.00. The molecule has 2 amide bonds. The molecular formula is C14H16N2O5. The summed E-state index contributed by atoms with van der Waals surface area (Å²) in [6.07, 6.45) is -0.00437. The normalized spacial score (nSPS) is 17.9. The number of carboxylic acid groups (broad SMARTS) is 1. The average molecular weight is 292 g/mol. The molecule has 0 bridgehead atoms. The molecule has 1 unspecified atom stereocenters. The molecule has 112 valence electrons. The van der Waals surface area contributed by atoms with E-state index in [1.807, 2.05) is 0 Å². The summed E-state index contributed by atoms with van der Waals surface area (Å²) in [4.78, 5) is 35.7. The number of methoxy groups -OCH3 is 1. The number of nitrogens with one attached hydrogen (secondary N) is 1. The molecule has 1 heterocycles. The quantitative estimate of drug-likeness (QED) is 0.833. The lowest BCUT2D eigenvalue weighted by Gasteiger charge is -2.17. The lowest BCUT2D eigenvalue weighted by Crippen LogP contribution is -2.26. The number of anilines is 2. The zero-order chi connectivity index (χ0) is 15.4. The van der Waals surface area contributed by atoms with Gasteiger partial charge in [0.05, 0.1) is 5.92 Å². The van der Waals surface area contributed by atoms with Crippen LogP contribution in [0.25, 0.3) is 0 Å². The zero-order valence-corrected chi connectivity index (χ0v) is 11.5. The number of amides is 2. The van der Waals surface area contributed by atoms with Crippen molar-refractivity contribution in [2.75, 3.05) is 30.5 Å². The molecule has 1 aromatic carbocycles. The molecule has 2 rings (SSSR count). The van der Waals surface area contributed by atoms with Gasteiger partial charge in [-0.25, -0.2) is 0 Å². The SMILES string of the molecule is COCC(=O)Nc1cccc(N2CC(C(=O)O)CC2=O)c1. The number of carboxylic acids is 1. The standard InChI is InChI=1S/C14H16N2O5/c1-21-8-12(17)15-10-3-2-4-11(6-10)16-7-9(14(19)20)5-13(16)18/h2-4,6,9H,5,7-8H2,1H3,(H,15,17)(H,19,20). The van der Waals surface area contributed by atoms with E-state index in [1.54, 1.807) is 24.3 Å². The lowest BCUT2D eigenvalue weighted by atomic mass is 10.1. The molecule has 0 saturated carbocycles. The predicted molar refractivity (Wildman–Crippen MR) is 75.0 cm³/mol. The van der Waals surface area contributed by atoms with Crippen molar-refractivity contribution in [1.82, 2.24) is 0 Å². The van der Waals surface area contributed by atoms with Crippen LogP contribution in [0.15, 0.2) is 24.3 Å². The fourth-order valence-corrected chi connectivity index (χ4v) is 2.20. The maximum Gasteiger partial charge on any atom is 0.308 e. The fourth-order valence-electron chi connectivity index (χ4n) is 2.20. The van der Waals surface area contributed by atoms with Crippen LogP contribution >= 0.6 is 0 Å². The maximum absolute atomic E-state index is 11.9. The largest absolute Gasteiger partial charge is 0.481 e. The van der Waals surface area contributed by atoms with Gasteiger partial charge in [-0.15, -0.1) is 0 Å². The number of aliphatic carboxylic acids is 1. The van der Waals surface area contributed by atoms with Crippen LogP contribution in [-0.4, -0.2) is 43.2 Å². The number of hydrogen-bond donors (Lipinski definition) is 2. The second-order valence-corrected chi connectivity index (χ2v) is 4.78. The number of carbonyl (C=O) groups excluding carboxylic acids is 2. The number of ether oxygens (including phenoxy) is 1. The number of hydrogen-bond acceptors (Lipinski definition) is 4. The van der Waals surface area contributed by atoms with E-state index in [4.69, 9.17) is 9.84 Å². The van der Waals surface area contributed by atoms with Gasteiger partial charge < -0.3 is 20.1 Å². The molecular weight excluding hydrogens is 276 g/mol. The Hall–Kier alpha value is -2.41. The first-order valence-electron chi connectivity index (χ1n) is 6.43. The highest BCUT2D eigenvalue weighted by Crippen LogP contribution is 2.27. The van der Waals surface area contributed by atoms with Gasteiger partial charge in [-0.2, -0.15) is 0 Å². The van der Waals surface area contributed by atoms with Crippen molar-refractivity contribution in [3.63, 3.8) is 0 Å². The number of nitrogens with zero attached hydrogens (tertiary/aromatic N) is 1. The Balaban J connectivity index is 2.12. The molecule has 7 nitrogen and oxygen atoms in total. The van der Waals surface area contributed by atoms with Crippen molar-refractivity contribution < 1.29 is 24.2 Å². The van der Waals surface area contributed by atoms with E-state index in [1.165, 1.54) is 12.0 Å². The second kappa shape index (κ2) is 6.36. The van der Waals surface area contributed by atoms with Crippen molar-refractivity contribution in [3.8, 4) is 0 Å². The minimum Gasteiger partial charge on any atom is -0.481 e. The summed E-state index contributed by atoms with van der Waals surface area (Å²) in [5.74, 6) is -2.20. The summed E-state index contributed by atoms with van der Waals surface area (Å²) in [5, 5.41) is 11.6. The molecule has 1 aliphatic rings. The first kappa shape index (κ1) is 15.0. The van der Waals surface area contributed by atoms with Gasteiger partial charge in [0.25, 0.3) is 0 Å². The minimum atomic E-state index is -0.976. The van der Waals surface area contributed by atoms with Crippen LogP contribution in [-0.2, 0) is 19.1 Å². The monoisotopic (exact) mass is 292 g/mol. The first-order chi connectivity index (χ1) is 10.0. The third-order valence-corrected chi connectivity index (χ3v) is 3.19. The van der Waals surface area contributed by atoms with Crippen molar-refractivity contribution in [2.24, 2.45) is 5.92 Å². The fraction of sp³-hybridized carbons (Fsp3) is 0.357. The van der Waals surface area contributed by atoms with Crippen molar-refractivity contribution in [3.05, 3.63) is 24.3 Å². The van der Waals surface area contributed by atoms with Crippen LogP contribution in [0, 0.1) is 5.92 Å². The predicted octanol–water partition coefficient (Wildman–Crippen LogP) is 0.709. The van der Waals surface area contributed by atoms with Crippen LogP contribution in [0.3, 0.4) is 0 Å². The Bertz CT molecular complexity index is 572. The molecule has 0 aliphatic carbocycles. The van der Waals surface area contributed by atoms with E-state index in [0.29, 0.717) is 11.4 Å². The molecule has 21 heavy (non-hydrogen) atoms. The maximum atomic E-state index is 11.9. The van der Waals surface area contributed by atoms with Crippen molar-refractivity contribution in [1.29, 1.82) is 0 Å². The molecule has 0 spiro atoms. The topological polar surface area (TPSA) is 95.9 Å². The van der Waals surface area contributed by atoms with Crippen molar-refractivity contribution in [2.45, 2.75) is 6.42 Å². The van der Waals surface area contributed by atoms with Crippen LogP contribution in [0.4, 0.5) is 11.4 Å². The Morgan fingerprint density at radius 1 is 1.48 bits per heavy atom. The summed E-state index contributed by atoms with van der Waals surface area (Å²) >= 11 is 0. The molecule has 7 heteroatoms. The van der Waals surface area contributed by atoms with E-state index in [-0.39, 0.29) is 31.4 Å². The molecule has 1 atom stereocenters. The minimum absolute atomic E-state index is 0.00437. The molecule has 1 fully saturated rings. The van der Waals surface area contributed by atoms with Gasteiger partial charge >= 0.3 is 5.97 Å². The van der Waals surface area contributed by atoms with E-state index < -0.39 is 11.9 Å².